The molecule has 0 heterocycles. The van der Waals surface area contributed by atoms with Crippen LogP contribution in [-0.2, 0) is 0 Å². The Morgan fingerprint density at radius 1 is 0.232 bits per heavy atom. The molecule has 34 heteroatoms. The standard InChI is InChI=1S/C22H12F34/c1-5(2)4-7(25,26)9(29,30)11(33,34)13(37,38)15(41,42)17(45,46)19(49,50)21(53,54)22(55,56)20(51,52)18(47,48)16(43,44)14(39,40)12(35,36)10(31,32)8(27,28)6(3,23)24/h5H,4H2,1-3H3. The number of rotatable bonds is 18. The number of hydrogen-bond donors (Lipinski definition) is 0. The molecular weight excluding hydrogens is 910 g/mol. The molecule has 0 aromatic rings. The van der Waals surface area contributed by atoms with Crippen LogP contribution in [0.4, 0.5) is 149 Å². The molecule has 0 fully saturated rings. The van der Waals surface area contributed by atoms with Gasteiger partial charge in [-0.3, -0.25) is 0 Å². The summed E-state index contributed by atoms with van der Waals surface area (Å²) < 4.78 is 466. The zero-order valence-corrected chi connectivity index (χ0v) is 25.6. The Bertz CT molecular complexity index is 1400. The molecule has 0 spiro atoms. The van der Waals surface area contributed by atoms with Gasteiger partial charge in [0.1, 0.15) is 0 Å². The lowest BCUT2D eigenvalue weighted by atomic mass is 9.82. The van der Waals surface area contributed by atoms with E-state index >= 15 is 0 Å². The van der Waals surface area contributed by atoms with Crippen LogP contribution in [0.15, 0.2) is 0 Å². The van der Waals surface area contributed by atoms with Gasteiger partial charge < -0.3 is 0 Å². The van der Waals surface area contributed by atoms with Crippen molar-refractivity contribution in [2.45, 2.75) is 128 Å². The van der Waals surface area contributed by atoms with Gasteiger partial charge in [-0.15, -0.1) is 0 Å². The van der Waals surface area contributed by atoms with Crippen LogP contribution >= 0.6 is 0 Å². The summed E-state index contributed by atoms with van der Waals surface area (Å²) in [6.07, 6.45) is -2.89. The first-order valence-corrected chi connectivity index (χ1v) is 12.8. The lowest BCUT2D eigenvalue weighted by Gasteiger charge is -2.47. The van der Waals surface area contributed by atoms with Crippen molar-refractivity contribution in [1.29, 1.82) is 0 Å². The van der Waals surface area contributed by atoms with Crippen LogP contribution in [0, 0.1) is 5.92 Å². The third-order valence-corrected chi connectivity index (χ3v) is 7.20. The topological polar surface area (TPSA) is 0 Å². The number of alkyl halides is 34. The second kappa shape index (κ2) is 13.1. The Morgan fingerprint density at radius 3 is 0.482 bits per heavy atom. The van der Waals surface area contributed by atoms with E-state index in [4.69, 9.17) is 0 Å². The molecule has 0 aliphatic heterocycles. The van der Waals surface area contributed by atoms with Crippen LogP contribution in [0.5, 0.6) is 0 Å². The van der Waals surface area contributed by atoms with Crippen molar-refractivity contribution in [2.75, 3.05) is 0 Å². The molecule has 0 aliphatic carbocycles. The molecule has 0 atom stereocenters. The van der Waals surface area contributed by atoms with Crippen LogP contribution < -0.4 is 0 Å². The smallest absolute Gasteiger partial charge is 0.200 e. The summed E-state index contributed by atoms with van der Waals surface area (Å²) >= 11 is 0. The molecule has 0 bridgehead atoms. The van der Waals surface area contributed by atoms with E-state index in [-0.39, 0.29) is 0 Å². The average molecular weight is 922 g/mol. The van der Waals surface area contributed by atoms with E-state index in [0.29, 0.717) is 13.8 Å². The predicted octanol–water partition coefficient (Wildman–Crippen LogP) is 12.9. The third-order valence-electron chi connectivity index (χ3n) is 7.20. The minimum atomic E-state index is -10.2. The van der Waals surface area contributed by atoms with E-state index in [0.717, 1.165) is 0 Å². The average Bonchev–Trinajstić information content (AvgIpc) is 2.94. The van der Waals surface area contributed by atoms with E-state index in [2.05, 4.69) is 0 Å². The maximum absolute atomic E-state index is 14.0. The van der Waals surface area contributed by atoms with Gasteiger partial charge in [-0.1, -0.05) is 13.8 Å². The summed E-state index contributed by atoms with van der Waals surface area (Å²) in [5, 5.41) is 0. The van der Waals surface area contributed by atoms with Crippen LogP contribution in [0.2, 0.25) is 0 Å². The summed E-state index contributed by atoms with van der Waals surface area (Å²) in [4.78, 5) is 0. The van der Waals surface area contributed by atoms with Crippen LogP contribution in [0.25, 0.3) is 0 Å². The van der Waals surface area contributed by atoms with Gasteiger partial charge in [-0.25, -0.2) is 0 Å². The van der Waals surface area contributed by atoms with Crippen molar-refractivity contribution in [1.82, 2.24) is 0 Å². The molecule has 0 rings (SSSR count). The zero-order valence-electron chi connectivity index (χ0n) is 25.6. The van der Waals surface area contributed by atoms with E-state index in [1.54, 1.807) is 0 Å². The monoisotopic (exact) mass is 922 g/mol. The fraction of sp³-hybridized carbons (Fsp3) is 1.00. The van der Waals surface area contributed by atoms with Crippen LogP contribution in [0.1, 0.15) is 27.2 Å². The molecule has 0 aliphatic rings. The Balaban J connectivity index is 7.79. The van der Waals surface area contributed by atoms with E-state index in [9.17, 15) is 149 Å². The second-order valence-corrected chi connectivity index (χ2v) is 11.8. The van der Waals surface area contributed by atoms with Crippen molar-refractivity contribution in [2.24, 2.45) is 5.92 Å². The Labute approximate surface area is 284 Å². The zero-order chi connectivity index (χ0) is 46.8. The highest BCUT2D eigenvalue weighted by molar-refractivity contribution is 5.22. The normalized spacial score (nSPS) is 17.2. The van der Waals surface area contributed by atoms with Gasteiger partial charge in [0.15, 0.2) is 0 Å². The van der Waals surface area contributed by atoms with Gasteiger partial charge in [0.2, 0.25) is 0 Å². The summed E-state index contributed by atoms with van der Waals surface area (Å²) in [6.45, 7) is -1.08. The first-order valence-electron chi connectivity index (χ1n) is 12.8. The fourth-order valence-electron chi connectivity index (χ4n) is 3.71. The maximum Gasteiger partial charge on any atom is 0.385 e. The summed E-state index contributed by atoms with van der Waals surface area (Å²) in [6, 6.07) is 0. The minimum Gasteiger partial charge on any atom is -0.200 e. The van der Waals surface area contributed by atoms with Crippen molar-refractivity contribution in [3.63, 3.8) is 0 Å². The molecule has 0 amide bonds. The largest absolute Gasteiger partial charge is 0.385 e. The van der Waals surface area contributed by atoms with E-state index in [1.807, 2.05) is 0 Å². The highest BCUT2D eigenvalue weighted by Crippen LogP contribution is 2.70. The molecule has 338 valence electrons. The molecule has 0 aromatic carbocycles. The highest BCUT2D eigenvalue weighted by atomic mass is 19.4. The molecule has 0 N–H and O–H groups in total. The van der Waals surface area contributed by atoms with E-state index < -0.39 is 120 Å². The second-order valence-electron chi connectivity index (χ2n) is 11.8. The molecule has 0 saturated carbocycles. The first-order chi connectivity index (χ1) is 23.4. The predicted molar refractivity (Wildman–Crippen MR) is 109 cm³/mol. The SMILES string of the molecule is CC(C)CC(F)(F)C(F)(F)C(F)(F)C(F)(F)C(F)(F)C(F)(F)C(F)(F)C(F)(F)C(F)(F)C(F)(F)C(F)(F)C(F)(F)C(F)(F)C(F)(F)C(F)(F)C(F)(F)C(C)(F)F. The highest BCUT2D eigenvalue weighted by Gasteiger charge is 3.02. The lowest BCUT2D eigenvalue weighted by molar-refractivity contribution is -0.491. The quantitative estimate of drug-likeness (QED) is 0.120. The van der Waals surface area contributed by atoms with Gasteiger partial charge in [0.25, 0.3) is 0 Å². The summed E-state index contributed by atoms with van der Waals surface area (Å²) in [7, 11) is 0. The molecule has 0 saturated heterocycles. The van der Waals surface area contributed by atoms with E-state index in [1.165, 1.54) is 0 Å². The number of halogens is 34. The summed E-state index contributed by atoms with van der Waals surface area (Å²) in [5.41, 5.74) is 0. The van der Waals surface area contributed by atoms with Crippen molar-refractivity contribution in [3.8, 4) is 0 Å². The Kier molecular flexibility index (Phi) is 12.5. The van der Waals surface area contributed by atoms with Crippen molar-refractivity contribution in [3.05, 3.63) is 0 Å². The van der Waals surface area contributed by atoms with Gasteiger partial charge in [0.05, 0.1) is 0 Å². The molecular formula is C22H12F34. The van der Waals surface area contributed by atoms with Crippen molar-refractivity contribution < 1.29 is 149 Å². The Hall–Kier alpha value is -2.38. The van der Waals surface area contributed by atoms with Crippen LogP contribution in [0.3, 0.4) is 0 Å². The van der Waals surface area contributed by atoms with Gasteiger partial charge in [-0.2, -0.15) is 149 Å². The fourth-order valence-corrected chi connectivity index (χ4v) is 3.71. The third kappa shape index (κ3) is 6.15. The molecule has 56 heavy (non-hydrogen) atoms. The van der Waals surface area contributed by atoms with Gasteiger partial charge in [0, 0.05) is 13.3 Å². The molecule has 0 unspecified atom stereocenters. The maximum atomic E-state index is 14.0. The number of hydrogen-bond acceptors (Lipinski definition) is 0. The summed E-state index contributed by atoms with van der Waals surface area (Å²) in [5.74, 6) is -160. The van der Waals surface area contributed by atoms with Gasteiger partial charge >= 0.3 is 101 Å². The van der Waals surface area contributed by atoms with Crippen molar-refractivity contribution >= 4 is 0 Å². The van der Waals surface area contributed by atoms with Crippen LogP contribution in [-0.4, -0.2) is 101 Å². The molecule has 0 nitrogen and oxygen atoms in total. The van der Waals surface area contributed by atoms with Gasteiger partial charge in [-0.05, 0) is 5.92 Å². The molecule has 0 aromatic heterocycles. The minimum absolute atomic E-state index is 0.301. The molecule has 0 radical (unpaired) electrons. The lowest BCUT2D eigenvalue weighted by Crippen LogP contribution is -2.80. The Morgan fingerprint density at radius 2 is 0.357 bits per heavy atom. The first kappa shape index (κ1) is 53.6.